The fourth-order valence-corrected chi connectivity index (χ4v) is 5.51. The monoisotopic (exact) mass is 348 g/mol. The van der Waals surface area contributed by atoms with Crippen LogP contribution in [-0.4, -0.2) is 12.2 Å². The molecule has 0 bridgehead atoms. The van der Waals surface area contributed by atoms with Crippen LogP contribution in [0.25, 0.3) is 0 Å². The summed E-state index contributed by atoms with van der Waals surface area (Å²) in [6, 6.07) is 27.4. The molecule has 25 heavy (non-hydrogen) atoms. The third kappa shape index (κ3) is 3.15. The summed E-state index contributed by atoms with van der Waals surface area (Å²) in [6.45, 7) is 4.14. The van der Waals surface area contributed by atoms with Crippen LogP contribution in [0.3, 0.4) is 0 Å². The second-order valence-corrected chi connectivity index (χ2v) is 8.40. The lowest BCUT2D eigenvalue weighted by molar-refractivity contribution is 0.0799. The summed E-state index contributed by atoms with van der Waals surface area (Å²) in [6.07, 6.45) is -0.0557. The number of rotatable bonds is 1. The van der Waals surface area contributed by atoms with Gasteiger partial charge in [0.05, 0.1) is 0 Å². The highest BCUT2D eigenvalue weighted by atomic mass is 31.1. The standard InChI is InChI=1S/C22H21O2P/c1-16-17(2)24-20-13-7-9-15-22(20)25(18-10-4-3-5-11-18)21-14-8-6-12-19(21)23-16/h3-17H,1-2H3/t16-,17-/m0/s1. The number of hydrogen-bond donors (Lipinski definition) is 0. The van der Waals surface area contributed by atoms with Gasteiger partial charge >= 0.3 is 0 Å². The smallest absolute Gasteiger partial charge is 0.132 e. The summed E-state index contributed by atoms with van der Waals surface area (Å²) in [7, 11) is -0.747. The van der Waals surface area contributed by atoms with Crippen LogP contribution in [0.5, 0.6) is 11.5 Å². The van der Waals surface area contributed by atoms with Crippen molar-refractivity contribution in [2.24, 2.45) is 0 Å². The minimum Gasteiger partial charge on any atom is -0.486 e. The van der Waals surface area contributed by atoms with E-state index in [-0.39, 0.29) is 12.2 Å². The molecule has 3 heteroatoms. The first kappa shape index (κ1) is 16.2. The normalized spacial score (nSPS) is 20.1. The molecule has 3 aromatic carbocycles. The molecule has 1 aliphatic heterocycles. The minimum atomic E-state index is -0.747. The van der Waals surface area contributed by atoms with E-state index >= 15 is 0 Å². The molecule has 2 atom stereocenters. The summed E-state index contributed by atoms with van der Waals surface area (Å²) in [5, 5.41) is 3.77. The van der Waals surface area contributed by atoms with Crippen molar-refractivity contribution in [3.63, 3.8) is 0 Å². The summed E-state index contributed by atoms with van der Waals surface area (Å²) >= 11 is 0. The van der Waals surface area contributed by atoms with Crippen LogP contribution < -0.4 is 25.4 Å². The van der Waals surface area contributed by atoms with Crippen LogP contribution in [0, 0.1) is 0 Å². The van der Waals surface area contributed by atoms with E-state index in [2.05, 4.69) is 80.6 Å². The average Bonchev–Trinajstić information content (AvgIpc) is 2.69. The second kappa shape index (κ2) is 6.90. The van der Waals surface area contributed by atoms with E-state index < -0.39 is 7.92 Å². The maximum Gasteiger partial charge on any atom is 0.132 e. The van der Waals surface area contributed by atoms with Gasteiger partial charge in [0.25, 0.3) is 0 Å². The molecule has 0 radical (unpaired) electrons. The Morgan fingerprint density at radius 3 is 1.56 bits per heavy atom. The zero-order valence-electron chi connectivity index (χ0n) is 14.4. The Bertz CT molecular complexity index is 809. The van der Waals surface area contributed by atoms with Gasteiger partial charge in [-0.2, -0.15) is 0 Å². The zero-order chi connectivity index (χ0) is 17.2. The number of fused-ring (bicyclic) bond motifs is 2. The topological polar surface area (TPSA) is 18.5 Å². The Kier molecular flexibility index (Phi) is 4.46. The Morgan fingerprint density at radius 1 is 0.600 bits per heavy atom. The highest BCUT2D eigenvalue weighted by Gasteiger charge is 2.28. The third-order valence-corrected chi connectivity index (χ3v) is 7.03. The summed E-state index contributed by atoms with van der Waals surface area (Å²) in [4.78, 5) is 0. The largest absolute Gasteiger partial charge is 0.486 e. The van der Waals surface area contributed by atoms with Gasteiger partial charge in [-0.05, 0) is 39.2 Å². The Morgan fingerprint density at radius 2 is 1.04 bits per heavy atom. The van der Waals surface area contributed by atoms with Crippen LogP contribution in [-0.2, 0) is 0 Å². The molecule has 0 saturated carbocycles. The molecule has 0 aromatic heterocycles. The van der Waals surface area contributed by atoms with Gasteiger partial charge in [-0.15, -0.1) is 0 Å². The van der Waals surface area contributed by atoms with Crippen molar-refractivity contribution in [2.45, 2.75) is 26.1 Å². The molecule has 1 heterocycles. The summed E-state index contributed by atoms with van der Waals surface area (Å²) in [5.74, 6) is 1.91. The number of ether oxygens (including phenoxy) is 2. The first-order valence-electron chi connectivity index (χ1n) is 8.60. The van der Waals surface area contributed by atoms with Crippen molar-refractivity contribution in [3.05, 3.63) is 78.9 Å². The number of benzene rings is 3. The van der Waals surface area contributed by atoms with E-state index in [4.69, 9.17) is 9.47 Å². The van der Waals surface area contributed by atoms with Crippen LogP contribution in [0.15, 0.2) is 78.9 Å². The van der Waals surface area contributed by atoms with Gasteiger partial charge in [0.2, 0.25) is 0 Å². The molecule has 126 valence electrons. The van der Waals surface area contributed by atoms with Crippen LogP contribution in [0.4, 0.5) is 0 Å². The first-order valence-corrected chi connectivity index (χ1v) is 9.95. The van der Waals surface area contributed by atoms with Gasteiger partial charge in [-0.25, -0.2) is 0 Å². The van der Waals surface area contributed by atoms with Crippen molar-refractivity contribution < 1.29 is 9.47 Å². The molecule has 0 amide bonds. The van der Waals surface area contributed by atoms with E-state index in [0.717, 1.165) is 11.5 Å². The van der Waals surface area contributed by atoms with E-state index in [1.807, 2.05) is 12.1 Å². The molecule has 0 unspecified atom stereocenters. The molecule has 2 nitrogen and oxygen atoms in total. The quantitative estimate of drug-likeness (QED) is 0.619. The highest BCUT2D eigenvalue weighted by Crippen LogP contribution is 2.40. The lowest BCUT2D eigenvalue weighted by Crippen LogP contribution is -2.32. The molecular weight excluding hydrogens is 327 g/mol. The molecule has 0 N–H and O–H groups in total. The lowest BCUT2D eigenvalue weighted by atomic mass is 10.2. The van der Waals surface area contributed by atoms with Crippen LogP contribution in [0.1, 0.15) is 13.8 Å². The third-order valence-electron chi connectivity index (χ3n) is 4.51. The van der Waals surface area contributed by atoms with Gasteiger partial charge in [0.15, 0.2) is 0 Å². The lowest BCUT2D eigenvalue weighted by Gasteiger charge is -2.22. The van der Waals surface area contributed by atoms with E-state index in [1.165, 1.54) is 15.9 Å². The van der Waals surface area contributed by atoms with Crippen LogP contribution >= 0.6 is 7.92 Å². The van der Waals surface area contributed by atoms with Gasteiger partial charge in [0.1, 0.15) is 23.7 Å². The molecule has 3 aromatic rings. The van der Waals surface area contributed by atoms with Crippen molar-refractivity contribution in [2.75, 3.05) is 0 Å². The SMILES string of the molecule is C[C@@H]1Oc2ccccc2P(c2ccccc2)c2ccccc2O[C@H]1C. The van der Waals surface area contributed by atoms with Crippen molar-refractivity contribution in [3.8, 4) is 11.5 Å². The second-order valence-electron chi connectivity index (χ2n) is 6.25. The van der Waals surface area contributed by atoms with E-state index in [1.54, 1.807) is 0 Å². The zero-order valence-corrected chi connectivity index (χ0v) is 15.3. The van der Waals surface area contributed by atoms with Gasteiger partial charge in [0, 0.05) is 10.6 Å². The first-order chi connectivity index (χ1) is 12.2. The maximum atomic E-state index is 6.30. The molecule has 1 aliphatic rings. The van der Waals surface area contributed by atoms with Crippen molar-refractivity contribution in [1.29, 1.82) is 0 Å². The number of hydrogen-bond acceptors (Lipinski definition) is 2. The number of para-hydroxylation sites is 2. The highest BCUT2D eigenvalue weighted by molar-refractivity contribution is 7.80. The summed E-state index contributed by atoms with van der Waals surface area (Å²) < 4.78 is 12.6. The van der Waals surface area contributed by atoms with E-state index in [0.29, 0.717) is 0 Å². The van der Waals surface area contributed by atoms with Crippen molar-refractivity contribution in [1.82, 2.24) is 0 Å². The van der Waals surface area contributed by atoms with Crippen molar-refractivity contribution >= 4 is 23.8 Å². The Labute approximate surface area is 150 Å². The van der Waals surface area contributed by atoms with Crippen LogP contribution in [0.2, 0.25) is 0 Å². The molecule has 0 spiro atoms. The fourth-order valence-electron chi connectivity index (χ4n) is 3.06. The summed E-state index contributed by atoms with van der Waals surface area (Å²) in [5.41, 5.74) is 0. The molecule has 0 aliphatic carbocycles. The molecule has 0 saturated heterocycles. The Hall–Kier alpha value is -2.31. The maximum absolute atomic E-state index is 6.30. The van der Waals surface area contributed by atoms with E-state index in [9.17, 15) is 0 Å². The van der Waals surface area contributed by atoms with Gasteiger partial charge in [-0.3, -0.25) is 0 Å². The van der Waals surface area contributed by atoms with Gasteiger partial charge in [-0.1, -0.05) is 66.7 Å². The minimum absolute atomic E-state index is 0.0278. The molecule has 0 fully saturated rings. The predicted molar refractivity (Wildman–Crippen MR) is 105 cm³/mol. The molecule has 4 rings (SSSR count). The Balaban J connectivity index is 1.99. The average molecular weight is 348 g/mol. The van der Waals surface area contributed by atoms with Gasteiger partial charge < -0.3 is 9.47 Å². The fraction of sp³-hybridized carbons (Fsp3) is 0.182. The molecular formula is C22H21O2P. The predicted octanol–water partition coefficient (Wildman–Crippen LogP) is 3.99.